The molecule has 1 saturated heterocycles. The van der Waals surface area contributed by atoms with Crippen LogP contribution in [0.4, 0.5) is 5.82 Å². The van der Waals surface area contributed by atoms with Gasteiger partial charge in [-0.2, -0.15) is 0 Å². The van der Waals surface area contributed by atoms with Crippen molar-refractivity contribution in [1.29, 1.82) is 0 Å². The van der Waals surface area contributed by atoms with Crippen molar-refractivity contribution >= 4 is 16.7 Å². The Morgan fingerprint density at radius 2 is 1.78 bits per heavy atom. The third-order valence-corrected chi connectivity index (χ3v) is 6.35. The van der Waals surface area contributed by atoms with Crippen LogP contribution in [0.5, 0.6) is 0 Å². The molecule has 1 unspecified atom stereocenters. The largest absolute Gasteiger partial charge is 0.374 e. The average molecular weight is 424 g/mol. The maximum absolute atomic E-state index is 10.5. The van der Waals surface area contributed by atoms with Gasteiger partial charge in [-0.05, 0) is 42.7 Å². The van der Waals surface area contributed by atoms with Gasteiger partial charge in [0.05, 0.1) is 16.9 Å². The SMILES string of the molecule is OC(NC1CC1)c1cccc(-c2nccnc2C2CN(c3ccc4ccccc4n3)C2)c1. The highest BCUT2D eigenvalue weighted by atomic mass is 16.3. The Hall–Kier alpha value is -3.35. The lowest BCUT2D eigenvalue weighted by molar-refractivity contribution is 0.137. The van der Waals surface area contributed by atoms with Gasteiger partial charge < -0.3 is 10.0 Å². The van der Waals surface area contributed by atoms with Gasteiger partial charge in [-0.15, -0.1) is 0 Å². The molecule has 160 valence electrons. The van der Waals surface area contributed by atoms with E-state index in [1.165, 1.54) is 0 Å². The second-order valence-electron chi connectivity index (χ2n) is 8.72. The summed E-state index contributed by atoms with van der Waals surface area (Å²) < 4.78 is 0. The number of para-hydroxylation sites is 1. The van der Waals surface area contributed by atoms with Crippen LogP contribution >= 0.6 is 0 Å². The van der Waals surface area contributed by atoms with Crippen molar-refractivity contribution in [3.63, 3.8) is 0 Å². The van der Waals surface area contributed by atoms with Crippen molar-refractivity contribution < 1.29 is 5.11 Å². The molecule has 6 rings (SSSR count). The predicted octanol–water partition coefficient (Wildman–Crippen LogP) is 4.04. The van der Waals surface area contributed by atoms with Crippen LogP contribution in [0.15, 0.2) is 73.1 Å². The van der Waals surface area contributed by atoms with Gasteiger partial charge >= 0.3 is 0 Å². The molecule has 0 radical (unpaired) electrons. The van der Waals surface area contributed by atoms with Gasteiger partial charge in [0, 0.05) is 48.4 Å². The second-order valence-corrected chi connectivity index (χ2v) is 8.72. The van der Waals surface area contributed by atoms with Crippen LogP contribution in [0.3, 0.4) is 0 Å². The van der Waals surface area contributed by atoms with Crippen molar-refractivity contribution in [3.05, 3.63) is 84.3 Å². The molecule has 3 heterocycles. The molecule has 1 saturated carbocycles. The summed E-state index contributed by atoms with van der Waals surface area (Å²) >= 11 is 0. The molecule has 1 aliphatic carbocycles. The standard InChI is InChI=1S/C26H25N5O/c32-26(29-21-9-10-21)19-6-3-5-18(14-19)24-25(28-13-12-27-24)20-15-31(16-20)23-11-8-17-4-1-2-7-22(17)30-23/h1-8,11-14,20-21,26,29,32H,9-10,15-16H2. The highest BCUT2D eigenvalue weighted by Crippen LogP contribution is 2.35. The number of nitrogens with one attached hydrogen (secondary N) is 1. The van der Waals surface area contributed by atoms with Crippen LogP contribution in [0, 0.1) is 0 Å². The van der Waals surface area contributed by atoms with Crippen LogP contribution in [0.25, 0.3) is 22.2 Å². The zero-order chi connectivity index (χ0) is 21.5. The number of hydrogen-bond acceptors (Lipinski definition) is 6. The van der Waals surface area contributed by atoms with Crippen LogP contribution in [-0.2, 0) is 0 Å². The average Bonchev–Trinajstić information content (AvgIpc) is 3.62. The summed E-state index contributed by atoms with van der Waals surface area (Å²) in [5, 5.41) is 14.9. The molecular weight excluding hydrogens is 398 g/mol. The molecule has 6 nitrogen and oxygen atoms in total. The number of anilines is 1. The van der Waals surface area contributed by atoms with Crippen molar-refractivity contribution in [2.75, 3.05) is 18.0 Å². The van der Waals surface area contributed by atoms with E-state index < -0.39 is 6.23 Å². The van der Waals surface area contributed by atoms with E-state index in [1.807, 2.05) is 36.4 Å². The van der Waals surface area contributed by atoms with E-state index >= 15 is 0 Å². The summed E-state index contributed by atoms with van der Waals surface area (Å²) in [6.45, 7) is 1.73. The molecule has 2 aromatic carbocycles. The number of aliphatic hydroxyl groups excluding tert-OH is 1. The Morgan fingerprint density at radius 1 is 0.938 bits per heavy atom. The van der Waals surface area contributed by atoms with Crippen molar-refractivity contribution in [2.24, 2.45) is 0 Å². The van der Waals surface area contributed by atoms with Gasteiger partial charge in [0.2, 0.25) is 0 Å². The normalized spacial score (nSPS) is 17.3. The molecule has 0 amide bonds. The minimum absolute atomic E-state index is 0.296. The molecular formula is C26H25N5O. The van der Waals surface area contributed by atoms with Crippen LogP contribution in [-0.4, -0.2) is 39.2 Å². The van der Waals surface area contributed by atoms with Gasteiger partial charge in [-0.1, -0.05) is 36.4 Å². The van der Waals surface area contributed by atoms with Crippen molar-refractivity contribution in [2.45, 2.75) is 31.0 Å². The summed E-state index contributed by atoms with van der Waals surface area (Å²) in [6, 6.07) is 20.9. The van der Waals surface area contributed by atoms with E-state index in [9.17, 15) is 5.11 Å². The topological polar surface area (TPSA) is 74.2 Å². The number of pyridine rings is 1. The highest BCUT2D eigenvalue weighted by molar-refractivity contribution is 5.80. The zero-order valence-electron chi connectivity index (χ0n) is 17.7. The minimum Gasteiger partial charge on any atom is -0.374 e. The lowest BCUT2D eigenvalue weighted by Gasteiger charge is -2.40. The van der Waals surface area contributed by atoms with E-state index in [0.29, 0.717) is 12.0 Å². The summed E-state index contributed by atoms with van der Waals surface area (Å²) in [4.78, 5) is 16.5. The molecule has 2 N–H and O–H groups in total. The van der Waals surface area contributed by atoms with Gasteiger partial charge in [-0.25, -0.2) is 4.98 Å². The van der Waals surface area contributed by atoms with E-state index in [4.69, 9.17) is 9.97 Å². The van der Waals surface area contributed by atoms with Crippen LogP contribution in [0.2, 0.25) is 0 Å². The number of nitrogens with zero attached hydrogens (tertiary/aromatic N) is 4. The summed E-state index contributed by atoms with van der Waals surface area (Å²) in [5.74, 6) is 1.30. The molecule has 4 aromatic rings. The Balaban J connectivity index is 1.23. The van der Waals surface area contributed by atoms with Gasteiger partial charge in [0.25, 0.3) is 0 Å². The first kappa shape index (κ1) is 19.3. The molecule has 2 fully saturated rings. The van der Waals surface area contributed by atoms with E-state index in [-0.39, 0.29) is 0 Å². The molecule has 2 aliphatic rings. The number of rotatable bonds is 6. The van der Waals surface area contributed by atoms with Crippen LogP contribution in [0.1, 0.15) is 36.2 Å². The number of aliphatic hydroxyl groups is 1. The molecule has 6 heteroatoms. The van der Waals surface area contributed by atoms with E-state index in [1.54, 1.807) is 12.4 Å². The second kappa shape index (κ2) is 7.97. The highest BCUT2D eigenvalue weighted by Gasteiger charge is 2.32. The third kappa shape index (κ3) is 3.72. The lowest BCUT2D eigenvalue weighted by Crippen LogP contribution is -2.46. The molecule has 32 heavy (non-hydrogen) atoms. The lowest BCUT2D eigenvalue weighted by atomic mass is 9.92. The first-order valence-electron chi connectivity index (χ1n) is 11.2. The fourth-order valence-electron chi connectivity index (χ4n) is 4.37. The van der Waals surface area contributed by atoms with Gasteiger partial charge in [-0.3, -0.25) is 15.3 Å². The molecule has 0 bridgehead atoms. The zero-order valence-corrected chi connectivity index (χ0v) is 17.7. The molecule has 2 aromatic heterocycles. The fraction of sp³-hybridized carbons (Fsp3) is 0.269. The van der Waals surface area contributed by atoms with Crippen LogP contribution < -0.4 is 10.2 Å². The first-order valence-corrected chi connectivity index (χ1v) is 11.2. The Kier molecular flexibility index (Phi) is 4.82. The number of hydrogen-bond donors (Lipinski definition) is 2. The van der Waals surface area contributed by atoms with Crippen molar-refractivity contribution in [3.8, 4) is 11.3 Å². The van der Waals surface area contributed by atoms with Gasteiger partial charge in [0.1, 0.15) is 12.0 Å². The number of fused-ring (bicyclic) bond motifs is 1. The van der Waals surface area contributed by atoms with Crippen molar-refractivity contribution in [1.82, 2.24) is 20.3 Å². The molecule has 1 atom stereocenters. The monoisotopic (exact) mass is 423 g/mol. The maximum Gasteiger partial charge on any atom is 0.131 e. The molecule has 0 spiro atoms. The number of aromatic nitrogens is 3. The minimum atomic E-state index is -0.652. The smallest absolute Gasteiger partial charge is 0.131 e. The maximum atomic E-state index is 10.5. The van der Waals surface area contributed by atoms with E-state index in [0.717, 1.165) is 65.2 Å². The molecule has 1 aliphatic heterocycles. The summed E-state index contributed by atoms with van der Waals surface area (Å²) in [6.07, 6.45) is 5.13. The van der Waals surface area contributed by atoms with Gasteiger partial charge in [0.15, 0.2) is 0 Å². The Labute approximate surface area is 187 Å². The quantitative estimate of drug-likeness (QED) is 0.456. The Bertz CT molecular complexity index is 1270. The summed E-state index contributed by atoms with van der Waals surface area (Å²) in [7, 11) is 0. The Morgan fingerprint density at radius 3 is 2.66 bits per heavy atom. The van der Waals surface area contributed by atoms with E-state index in [2.05, 4.69) is 39.5 Å². The number of benzene rings is 2. The predicted molar refractivity (Wildman–Crippen MR) is 125 cm³/mol. The fourth-order valence-corrected chi connectivity index (χ4v) is 4.37. The summed E-state index contributed by atoms with van der Waals surface area (Å²) in [5.41, 5.74) is 4.77. The first-order chi connectivity index (χ1) is 15.7. The third-order valence-electron chi connectivity index (χ3n) is 6.35.